The molecular formula is C15H26ClN5O3. The van der Waals surface area contributed by atoms with E-state index in [9.17, 15) is 9.59 Å². The Bertz CT molecular complexity index is 488. The van der Waals surface area contributed by atoms with Crippen LogP contribution in [0.15, 0.2) is 11.4 Å². The lowest BCUT2D eigenvalue weighted by Gasteiger charge is -2.36. The molecule has 0 spiro atoms. The first-order valence-corrected chi connectivity index (χ1v) is 8.70. The van der Waals surface area contributed by atoms with Crippen LogP contribution in [-0.4, -0.2) is 71.7 Å². The minimum atomic E-state index is -0.563. The number of halogens is 1. The molecule has 0 aromatic heterocycles. The number of aliphatic hydroxyl groups is 1. The van der Waals surface area contributed by atoms with E-state index in [0.29, 0.717) is 12.6 Å². The van der Waals surface area contributed by atoms with Crippen molar-refractivity contribution in [2.24, 2.45) is 5.73 Å². The summed E-state index contributed by atoms with van der Waals surface area (Å²) in [5.74, 6) is -0.521. The van der Waals surface area contributed by atoms with Crippen molar-refractivity contribution >= 4 is 23.4 Å². The van der Waals surface area contributed by atoms with Crippen molar-refractivity contribution in [3.05, 3.63) is 11.4 Å². The van der Waals surface area contributed by atoms with Crippen LogP contribution in [0.5, 0.6) is 0 Å². The summed E-state index contributed by atoms with van der Waals surface area (Å²) < 4.78 is 0. The summed E-state index contributed by atoms with van der Waals surface area (Å²) >= 11 is 5.96. The van der Waals surface area contributed by atoms with Crippen molar-refractivity contribution in [2.75, 3.05) is 32.8 Å². The molecule has 2 heterocycles. The van der Waals surface area contributed by atoms with E-state index in [4.69, 9.17) is 22.4 Å². The van der Waals surface area contributed by atoms with Gasteiger partial charge in [0.15, 0.2) is 6.17 Å². The van der Waals surface area contributed by atoms with Gasteiger partial charge in [-0.3, -0.25) is 24.7 Å². The monoisotopic (exact) mass is 359 g/mol. The fraction of sp³-hybridized carbons (Fsp3) is 0.733. The second kappa shape index (κ2) is 9.22. The molecule has 2 rings (SSSR count). The van der Waals surface area contributed by atoms with E-state index in [1.165, 1.54) is 4.90 Å². The molecule has 5 N–H and O–H groups in total. The second-order valence-electron chi connectivity index (χ2n) is 6.11. The number of piperidine rings is 1. The number of nitrogens with zero attached hydrogens (tertiary/aromatic N) is 2. The van der Waals surface area contributed by atoms with Crippen molar-refractivity contribution in [1.29, 1.82) is 0 Å². The molecule has 0 aromatic rings. The molecule has 2 aliphatic rings. The van der Waals surface area contributed by atoms with Gasteiger partial charge in [-0.05, 0) is 32.4 Å². The number of amides is 2. The zero-order valence-electron chi connectivity index (χ0n) is 13.7. The maximum Gasteiger partial charge on any atom is 0.265 e. The highest BCUT2D eigenvalue weighted by Gasteiger charge is 2.29. The third-order valence-electron chi connectivity index (χ3n) is 4.40. The number of hydrogen-bond acceptors (Lipinski definition) is 6. The summed E-state index contributed by atoms with van der Waals surface area (Å²) in [5, 5.41) is 15.4. The standard InChI is InChI=1S/C15H26ClN5O3/c16-12-9-19-14(15(24)21(12)7-8-22)18-5-4-11-3-1-2-6-20(11)10-13(17)23/h9,11,14,18-19,22H,1-8,10H2,(H2,17,23). The molecule has 1 saturated heterocycles. The summed E-state index contributed by atoms with van der Waals surface area (Å²) in [6, 6.07) is 0.296. The molecule has 2 unspecified atom stereocenters. The molecule has 8 nitrogen and oxygen atoms in total. The van der Waals surface area contributed by atoms with E-state index in [1.54, 1.807) is 6.20 Å². The Kier molecular flexibility index (Phi) is 7.29. The van der Waals surface area contributed by atoms with Gasteiger partial charge in [-0.1, -0.05) is 18.0 Å². The zero-order chi connectivity index (χ0) is 17.5. The number of primary amides is 1. The molecule has 2 aliphatic heterocycles. The predicted molar refractivity (Wildman–Crippen MR) is 90.7 cm³/mol. The fourth-order valence-electron chi connectivity index (χ4n) is 3.22. The Labute approximate surface area is 147 Å². The van der Waals surface area contributed by atoms with E-state index in [-0.39, 0.29) is 36.7 Å². The number of nitrogens with two attached hydrogens (primary N) is 1. The molecular weight excluding hydrogens is 334 g/mol. The first-order valence-electron chi connectivity index (χ1n) is 8.32. The van der Waals surface area contributed by atoms with Gasteiger partial charge in [0.2, 0.25) is 5.91 Å². The molecule has 0 saturated carbocycles. The quantitative estimate of drug-likeness (QED) is 0.418. The third-order valence-corrected chi connectivity index (χ3v) is 4.71. The van der Waals surface area contributed by atoms with E-state index in [0.717, 1.165) is 32.2 Å². The van der Waals surface area contributed by atoms with Gasteiger partial charge in [-0.15, -0.1) is 0 Å². The molecule has 0 aromatic carbocycles. The van der Waals surface area contributed by atoms with Crippen LogP contribution in [0, 0.1) is 0 Å². The van der Waals surface area contributed by atoms with Crippen LogP contribution < -0.4 is 16.4 Å². The van der Waals surface area contributed by atoms with Gasteiger partial charge < -0.3 is 16.2 Å². The smallest absolute Gasteiger partial charge is 0.265 e. The summed E-state index contributed by atoms with van der Waals surface area (Å²) in [5.41, 5.74) is 5.31. The van der Waals surface area contributed by atoms with Gasteiger partial charge in [0, 0.05) is 12.2 Å². The number of likely N-dealkylation sites (tertiary alicyclic amines) is 1. The molecule has 24 heavy (non-hydrogen) atoms. The number of carbonyl (C=O) groups is 2. The van der Waals surface area contributed by atoms with Crippen LogP contribution in [0.25, 0.3) is 0 Å². The largest absolute Gasteiger partial charge is 0.395 e. The molecule has 0 bridgehead atoms. The third kappa shape index (κ3) is 5.07. The lowest BCUT2D eigenvalue weighted by molar-refractivity contribution is -0.133. The van der Waals surface area contributed by atoms with Crippen molar-refractivity contribution < 1.29 is 14.7 Å². The Morgan fingerprint density at radius 2 is 2.29 bits per heavy atom. The normalized spacial score (nSPS) is 25.3. The number of rotatable bonds is 8. The average molecular weight is 360 g/mol. The van der Waals surface area contributed by atoms with Gasteiger partial charge in [0.05, 0.1) is 19.7 Å². The van der Waals surface area contributed by atoms with Crippen molar-refractivity contribution in [3.63, 3.8) is 0 Å². The fourth-order valence-corrected chi connectivity index (χ4v) is 3.45. The number of hydrogen-bond donors (Lipinski definition) is 4. The van der Waals surface area contributed by atoms with Gasteiger partial charge in [-0.25, -0.2) is 0 Å². The van der Waals surface area contributed by atoms with E-state index in [1.807, 2.05) is 0 Å². The van der Waals surface area contributed by atoms with Crippen molar-refractivity contribution in [2.45, 2.75) is 37.9 Å². The van der Waals surface area contributed by atoms with Gasteiger partial charge >= 0.3 is 0 Å². The summed E-state index contributed by atoms with van der Waals surface area (Å²) in [6.07, 6.45) is 5.07. The molecule has 9 heteroatoms. The Hall–Kier alpha value is -1.35. The lowest BCUT2D eigenvalue weighted by Crippen LogP contribution is -2.56. The maximum atomic E-state index is 12.3. The molecule has 0 aliphatic carbocycles. The van der Waals surface area contributed by atoms with Crippen molar-refractivity contribution in [1.82, 2.24) is 20.4 Å². The summed E-state index contributed by atoms with van der Waals surface area (Å²) in [7, 11) is 0. The maximum absolute atomic E-state index is 12.3. The Morgan fingerprint density at radius 1 is 1.50 bits per heavy atom. The van der Waals surface area contributed by atoms with Crippen LogP contribution in [0.2, 0.25) is 0 Å². The van der Waals surface area contributed by atoms with Crippen LogP contribution in [0.1, 0.15) is 25.7 Å². The van der Waals surface area contributed by atoms with E-state index >= 15 is 0 Å². The molecule has 2 atom stereocenters. The minimum absolute atomic E-state index is 0.146. The predicted octanol–water partition coefficient (Wildman–Crippen LogP) is -0.906. The Balaban J connectivity index is 1.82. The topological polar surface area (TPSA) is 111 Å². The molecule has 136 valence electrons. The van der Waals surface area contributed by atoms with Crippen molar-refractivity contribution in [3.8, 4) is 0 Å². The summed E-state index contributed by atoms with van der Waals surface area (Å²) in [6.45, 7) is 1.82. The first-order chi connectivity index (χ1) is 11.5. The second-order valence-corrected chi connectivity index (χ2v) is 6.50. The minimum Gasteiger partial charge on any atom is -0.395 e. The first kappa shape index (κ1) is 19.0. The van der Waals surface area contributed by atoms with Crippen LogP contribution in [-0.2, 0) is 9.59 Å². The number of nitrogens with one attached hydrogen (secondary N) is 2. The van der Waals surface area contributed by atoms with Crippen LogP contribution in [0.4, 0.5) is 0 Å². The van der Waals surface area contributed by atoms with Gasteiger partial charge in [0.25, 0.3) is 5.91 Å². The highest BCUT2D eigenvalue weighted by atomic mass is 35.5. The SMILES string of the molecule is NC(=O)CN1CCCCC1CCNC1NC=C(Cl)N(CCO)C1=O. The van der Waals surface area contributed by atoms with Gasteiger partial charge in [0.1, 0.15) is 5.16 Å². The lowest BCUT2D eigenvalue weighted by atomic mass is 9.99. The molecule has 1 fully saturated rings. The van der Waals surface area contributed by atoms with E-state index < -0.39 is 6.17 Å². The molecule has 0 radical (unpaired) electrons. The number of aliphatic hydroxyl groups excluding tert-OH is 1. The van der Waals surface area contributed by atoms with Crippen LogP contribution in [0.3, 0.4) is 0 Å². The zero-order valence-corrected chi connectivity index (χ0v) is 14.5. The summed E-state index contributed by atoms with van der Waals surface area (Å²) in [4.78, 5) is 26.9. The van der Waals surface area contributed by atoms with E-state index in [2.05, 4.69) is 15.5 Å². The number of β-amino-alcohol motifs (C(OH)–C–C–N with tert-alkyl or cyclic N) is 1. The Morgan fingerprint density at radius 3 is 3.00 bits per heavy atom. The average Bonchev–Trinajstić information content (AvgIpc) is 2.54. The highest BCUT2D eigenvalue weighted by molar-refractivity contribution is 6.30. The number of carbonyl (C=O) groups excluding carboxylic acids is 2. The van der Waals surface area contributed by atoms with Gasteiger partial charge in [-0.2, -0.15) is 0 Å². The van der Waals surface area contributed by atoms with Crippen LogP contribution >= 0.6 is 11.6 Å². The molecule has 2 amide bonds. The highest BCUT2D eigenvalue weighted by Crippen LogP contribution is 2.19.